The topological polar surface area (TPSA) is 73.9 Å². The summed E-state index contributed by atoms with van der Waals surface area (Å²) in [6.07, 6.45) is 0. The van der Waals surface area contributed by atoms with Crippen molar-refractivity contribution in [3.8, 4) is 11.5 Å². The quantitative estimate of drug-likeness (QED) is 0.780. The molecule has 0 aliphatic carbocycles. The maximum absolute atomic E-state index is 13.1. The van der Waals surface area contributed by atoms with Gasteiger partial charge >= 0.3 is 5.97 Å². The molecule has 0 radical (unpaired) electrons. The molecule has 0 aliphatic rings. The maximum atomic E-state index is 13.1. The molecular weight excluding hydrogens is 329 g/mol. The van der Waals surface area contributed by atoms with E-state index in [9.17, 15) is 14.0 Å². The van der Waals surface area contributed by atoms with E-state index in [1.165, 1.54) is 37.4 Å². The van der Waals surface area contributed by atoms with Crippen LogP contribution in [0.1, 0.15) is 17.3 Å². The smallest absolute Gasteiger partial charge is 0.338 e. The Kier molecular flexibility index (Phi) is 6.33. The maximum Gasteiger partial charge on any atom is 0.338 e. The monoisotopic (exact) mass is 347 g/mol. The van der Waals surface area contributed by atoms with Gasteiger partial charge < -0.3 is 19.5 Å². The van der Waals surface area contributed by atoms with Crippen molar-refractivity contribution in [1.29, 1.82) is 0 Å². The molecule has 1 N–H and O–H groups in total. The molecule has 0 saturated heterocycles. The van der Waals surface area contributed by atoms with Crippen LogP contribution in [0.2, 0.25) is 0 Å². The van der Waals surface area contributed by atoms with Crippen LogP contribution in [0.15, 0.2) is 42.5 Å². The highest BCUT2D eigenvalue weighted by atomic mass is 19.1. The van der Waals surface area contributed by atoms with Crippen molar-refractivity contribution in [3.05, 3.63) is 53.8 Å². The lowest BCUT2D eigenvalue weighted by Gasteiger charge is -2.11. The summed E-state index contributed by atoms with van der Waals surface area (Å²) in [4.78, 5) is 23.8. The van der Waals surface area contributed by atoms with Gasteiger partial charge in [-0.1, -0.05) is 6.07 Å². The van der Waals surface area contributed by atoms with Gasteiger partial charge in [0, 0.05) is 5.69 Å². The highest BCUT2D eigenvalue weighted by molar-refractivity contribution is 5.95. The predicted octanol–water partition coefficient (Wildman–Crippen LogP) is 3.03. The summed E-state index contributed by atoms with van der Waals surface area (Å²) < 4.78 is 28.5. The minimum absolute atomic E-state index is 0.221. The summed E-state index contributed by atoms with van der Waals surface area (Å²) in [7, 11) is 1.46. The van der Waals surface area contributed by atoms with E-state index < -0.39 is 24.3 Å². The van der Waals surface area contributed by atoms with Gasteiger partial charge in [0.2, 0.25) is 0 Å². The summed E-state index contributed by atoms with van der Waals surface area (Å²) in [5.41, 5.74) is 0.502. The number of ether oxygens (including phenoxy) is 3. The molecule has 0 atom stereocenters. The lowest BCUT2D eigenvalue weighted by molar-refractivity contribution is -0.119. The van der Waals surface area contributed by atoms with Crippen molar-refractivity contribution in [1.82, 2.24) is 0 Å². The number of carbonyl (C=O) groups excluding carboxylic acids is 2. The van der Waals surface area contributed by atoms with Crippen LogP contribution in [0.4, 0.5) is 10.1 Å². The second kappa shape index (κ2) is 8.68. The number of anilines is 1. The first kappa shape index (κ1) is 18.3. The van der Waals surface area contributed by atoms with Crippen molar-refractivity contribution < 1.29 is 28.2 Å². The van der Waals surface area contributed by atoms with E-state index in [-0.39, 0.29) is 11.3 Å². The Morgan fingerprint density at radius 2 is 1.92 bits per heavy atom. The Bertz CT molecular complexity index is 763. The summed E-state index contributed by atoms with van der Waals surface area (Å²) in [5.74, 6) is -0.838. The number of esters is 1. The molecule has 132 valence electrons. The number of amides is 1. The van der Waals surface area contributed by atoms with Crippen LogP contribution in [0, 0.1) is 5.82 Å². The number of methoxy groups -OCH3 is 1. The molecule has 25 heavy (non-hydrogen) atoms. The van der Waals surface area contributed by atoms with Crippen LogP contribution in [0.5, 0.6) is 11.5 Å². The van der Waals surface area contributed by atoms with E-state index in [0.717, 1.165) is 6.07 Å². The van der Waals surface area contributed by atoms with Crippen LogP contribution in [0.25, 0.3) is 0 Å². The van der Waals surface area contributed by atoms with Gasteiger partial charge in [-0.2, -0.15) is 0 Å². The summed E-state index contributed by atoms with van der Waals surface area (Å²) in [5, 5.41) is 2.44. The van der Waals surface area contributed by atoms with Gasteiger partial charge in [-0.25, -0.2) is 9.18 Å². The minimum Gasteiger partial charge on any atom is -0.493 e. The van der Waals surface area contributed by atoms with E-state index in [4.69, 9.17) is 14.2 Å². The molecule has 6 nitrogen and oxygen atoms in total. The lowest BCUT2D eigenvalue weighted by Crippen LogP contribution is -2.21. The van der Waals surface area contributed by atoms with E-state index in [1.54, 1.807) is 6.07 Å². The number of carbonyl (C=O) groups is 2. The fraction of sp³-hybridized carbons (Fsp3) is 0.222. The Balaban J connectivity index is 1.94. The largest absolute Gasteiger partial charge is 0.493 e. The van der Waals surface area contributed by atoms with Gasteiger partial charge in [0.25, 0.3) is 5.91 Å². The van der Waals surface area contributed by atoms with Crippen LogP contribution in [0.3, 0.4) is 0 Å². The zero-order chi connectivity index (χ0) is 18.2. The minimum atomic E-state index is -0.684. The molecule has 2 aromatic rings. The number of hydrogen-bond donors (Lipinski definition) is 1. The summed E-state index contributed by atoms with van der Waals surface area (Å²) in [6, 6.07) is 9.99. The molecule has 0 bridgehead atoms. The average molecular weight is 347 g/mol. The van der Waals surface area contributed by atoms with Gasteiger partial charge in [-0.15, -0.1) is 0 Å². The molecule has 0 aromatic heterocycles. The average Bonchev–Trinajstić information content (AvgIpc) is 2.60. The van der Waals surface area contributed by atoms with Crippen LogP contribution < -0.4 is 14.8 Å². The standard InChI is InChI=1S/C18H18FNO5/c1-3-24-15-8-7-12(9-16(15)23-2)18(22)25-11-17(21)20-14-6-4-5-13(19)10-14/h4-10H,3,11H2,1-2H3,(H,20,21). The number of benzene rings is 2. The van der Waals surface area contributed by atoms with Crippen molar-refractivity contribution in [3.63, 3.8) is 0 Å². The Morgan fingerprint density at radius 1 is 1.12 bits per heavy atom. The molecule has 7 heteroatoms. The number of hydrogen-bond acceptors (Lipinski definition) is 5. The van der Waals surface area contributed by atoms with Crippen molar-refractivity contribution in [2.75, 3.05) is 25.6 Å². The number of nitrogens with one attached hydrogen (secondary N) is 1. The highest BCUT2D eigenvalue weighted by Gasteiger charge is 2.14. The number of halogens is 1. The fourth-order valence-corrected chi connectivity index (χ4v) is 2.05. The number of rotatable bonds is 7. The molecule has 0 spiro atoms. The van der Waals surface area contributed by atoms with E-state index in [2.05, 4.69) is 5.32 Å². The molecule has 0 saturated carbocycles. The van der Waals surface area contributed by atoms with Gasteiger partial charge in [0.05, 0.1) is 19.3 Å². The highest BCUT2D eigenvalue weighted by Crippen LogP contribution is 2.28. The van der Waals surface area contributed by atoms with E-state index in [1.807, 2.05) is 6.92 Å². The van der Waals surface area contributed by atoms with Crippen molar-refractivity contribution in [2.45, 2.75) is 6.92 Å². The zero-order valence-corrected chi connectivity index (χ0v) is 13.9. The van der Waals surface area contributed by atoms with Crippen LogP contribution in [-0.4, -0.2) is 32.2 Å². The molecule has 2 aromatic carbocycles. The molecule has 0 fully saturated rings. The van der Waals surface area contributed by atoms with Crippen molar-refractivity contribution in [2.24, 2.45) is 0 Å². The molecule has 0 heterocycles. The second-order valence-corrected chi connectivity index (χ2v) is 4.93. The lowest BCUT2D eigenvalue weighted by atomic mass is 10.2. The third-order valence-corrected chi connectivity index (χ3v) is 3.14. The van der Waals surface area contributed by atoms with Gasteiger partial charge in [-0.05, 0) is 43.3 Å². The molecular formula is C18H18FNO5. The Hall–Kier alpha value is -3.09. The Morgan fingerprint density at radius 3 is 2.60 bits per heavy atom. The van der Waals surface area contributed by atoms with E-state index >= 15 is 0 Å². The third kappa shape index (κ3) is 5.20. The third-order valence-electron chi connectivity index (χ3n) is 3.14. The molecule has 0 aliphatic heterocycles. The molecule has 2 rings (SSSR count). The predicted molar refractivity (Wildman–Crippen MR) is 89.5 cm³/mol. The normalized spacial score (nSPS) is 10.0. The Labute approximate surface area is 144 Å². The summed E-state index contributed by atoms with van der Waals surface area (Å²) in [6.45, 7) is 1.80. The first-order valence-corrected chi connectivity index (χ1v) is 7.57. The zero-order valence-electron chi connectivity index (χ0n) is 13.9. The SMILES string of the molecule is CCOc1ccc(C(=O)OCC(=O)Nc2cccc(F)c2)cc1OC. The first-order valence-electron chi connectivity index (χ1n) is 7.57. The van der Waals surface area contributed by atoms with Gasteiger partial charge in [0.15, 0.2) is 18.1 Å². The van der Waals surface area contributed by atoms with Gasteiger partial charge in [0.1, 0.15) is 5.82 Å². The molecule has 0 unspecified atom stereocenters. The molecule has 1 amide bonds. The van der Waals surface area contributed by atoms with Crippen LogP contribution in [-0.2, 0) is 9.53 Å². The van der Waals surface area contributed by atoms with E-state index in [0.29, 0.717) is 18.1 Å². The van der Waals surface area contributed by atoms with Gasteiger partial charge in [-0.3, -0.25) is 4.79 Å². The first-order chi connectivity index (χ1) is 12.0. The second-order valence-electron chi connectivity index (χ2n) is 4.93. The summed E-state index contributed by atoms with van der Waals surface area (Å²) >= 11 is 0. The fourth-order valence-electron chi connectivity index (χ4n) is 2.05. The van der Waals surface area contributed by atoms with Crippen LogP contribution >= 0.6 is 0 Å². The van der Waals surface area contributed by atoms with Crippen molar-refractivity contribution >= 4 is 17.6 Å².